The van der Waals surface area contributed by atoms with Gasteiger partial charge in [-0.05, 0) is 68.3 Å². The van der Waals surface area contributed by atoms with E-state index in [-0.39, 0.29) is 18.3 Å². The molecule has 7 heteroatoms. The van der Waals surface area contributed by atoms with Gasteiger partial charge >= 0.3 is 0 Å². The highest BCUT2D eigenvalue weighted by molar-refractivity contribution is 9.11. The Kier molecular flexibility index (Phi) is 5.78. The number of amides is 1. The van der Waals surface area contributed by atoms with Crippen molar-refractivity contribution in [1.29, 1.82) is 0 Å². The second kappa shape index (κ2) is 7.38. The van der Waals surface area contributed by atoms with E-state index in [2.05, 4.69) is 58.4 Å². The molecule has 2 aromatic carbocycles. The molecule has 3 nitrogen and oxygen atoms in total. The Morgan fingerprint density at radius 3 is 2.19 bits per heavy atom. The molecule has 0 atom stereocenters. The van der Waals surface area contributed by atoms with E-state index in [1.165, 1.54) is 24.3 Å². The van der Waals surface area contributed by atoms with Crippen molar-refractivity contribution in [3.8, 4) is 0 Å². The maximum atomic E-state index is 12.8. The first-order valence-electron chi connectivity index (χ1n) is 5.89. The van der Waals surface area contributed by atoms with Crippen LogP contribution in [0.3, 0.4) is 0 Å². The van der Waals surface area contributed by atoms with Crippen LogP contribution in [0.4, 0.5) is 15.8 Å². The second-order valence-corrected chi connectivity index (χ2v) is 6.78. The lowest BCUT2D eigenvalue weighted by Crippen LogP contribution is -2.22. The van der Waals surface area contributed by atoms with Gasteiger partial charge in [0.15, 0.2) is 0 Å². The lowest BCUT2D eigenvalue weighted by atomic mass is 10.3. The third-order valence-electron chi connectivity index (χ3n) is 2.56. The highest BCUT2D eigenvalue weighted by Gasteiger charge is 2.09. The fourth-order valence-electron chi connectivity index (χ4n) is 1.62. The van der Waals surface area contributed by atoms with Crippen molar-refractivity contribution in [1.82, 2.24) is 0 Å². The number of hydrogen-bond donors (Lipinski definition) is 2. The molecule has 2 N–H and O–H groups in total. The highest BCUT2D eigenvalue weighted by Crippen LogP contribution is 2.34. The molecule has 2 aromatic rings. The molecule has 0 aliphatic heterocycles. The van der Waals surface area contributed by atoms with Crippen LogP contribution in [0.2, 0.25) is 0 Å². The summed E-state index contributed by atoms with van der Waals surface area (Å²) in [5.74, 6) is -0.558. The Labute approximate surface area is 146 Å². The molecule has 0 aromatic heterocycles. The maximum Gasteiger partial charge on any atom is 0.243 e. The van der Waals surface area contributed by atoms with Gasteiger partial charge in [0.1, 0.15) is 5.82 Å². The summed E-state index contributed by atoms with van der Waals surface area (Å²) in [6.07, 6.45) is 0. The van der Waals surface area contributed by atoms with Crippen LogP contribution in [0.1, 0.15) is 0 Å². The number of carbonyl (C=O) groups excluding carboxylic acids is 1. The minimum absolute atomic E-state index is 0.0935. The second-order valence-electron chi connectivity index (χ2n) is 4.15. The normalized spacial score (nSPS) is 10.3. The standard InChI is InChI=1S/C14H10Br3FN2O/c15-8-5-11(16)14(12(17)6-8)19-7-13(21)20-10-3-1-9(18)2-4-10/h1-6,19H,7H2,(H,20,21). The van der Waals surface area contributed by atoms with Gasteiger partial charge in [0.05, 0.1) is 12.2 Å². The van der Waals surface area contributed by atoms with E-state index in [0.29, 0.717) is 5.69 Å². The van der Waals surface area contributed by atoms with Crippen LogP contribution < -0.4 is 10.6 Å². The van der Waals surface area contributed by atoms with Gasteiger partial charge in [-0.2, -0.15) is 0 Å². The van der Waals surface area contributed by atoms with Gasteiger partial charge in [-0.1, -0.05) is 15.9 Å². The van der Waals surface area contributed by atoms with Crippen LogP contribution in [0.15, 0.2) is 49.8 Å². The van der Waals surface area contributed by atoms with Crippen molar-refractivity contribution >= 4 is 65.1 Å². The SMILES string of the molecule is O=C(CNc1c(Br)cc(Br)cc1Br)Nc1ccc(F)cc1. The zero-order valence-corrected chi connectivity index (χ0v) is 15.3. The van der Waals surface area contributed by atoms with Crippen LogP contribution in [0.5, 0.6) is 0 Å². The fraction of sp³-hybridized carbons (Fsp3) is 0.0714. The maximum absolute atomic E-state index is 12.8. The first-order valence-corrected chi connectivity index (χ1v) is 8.27. The van der Waals surface area contributed by atoms with Crippen LogP contribution >= 0.6 is 47.8 Å². The Balaban J connectivity index is 1.97. The van der Waals surface area contributed by atoms with Crippen LogP contribution in [0.25, 0.3) is 0 Å². The third kappa shape index (κ3) is 4.79. The van der Waals surface area contributed by atoms with Gasteiger partial charge < -0.3 is 10.6 Å². The molecule has 0 radical (unpaired) electrons. The first kappa shape index (κ1) is 16.5. The molecule has 110 valence electrons. The number of carbonyl (C=O) groups is 1. The minimum atomic E-state index is -0.339. The molecule has 0 bridgehead atoms. The quantitative estimate of drug-likeness (QED) is 0.634. The molecule has 0 saturated heterocycles. The molecule has 1 amide bonds. The van der Waals surface area contributed by atoms with E-state index in [0.717, 1.165) is 19.1 Å². The summed E-state index contributed by atoms with van der Waals surface area (Å²) in [6, 6.07) is 9.38. The van der Waals surface area contributed by atoms with Gasteiger partial charge in [-0.15, -0.1) is 0 Å². The van der Waals surface area contributed by atoms with E-state index in [1.807, 2.05) is 12.1 Å². The monoisotopic (exact) mass is 478 g/mol. The number of rotatable bonds is 4. The predicted octanol–water partition coefficient (Wildman–Crippen LogP) is 5.16. The summed E-state index contributed by atoms with van der Waals surface area (Å²) in [5, 5.41) is 5.72. The zero-order chi connectivity index (χ0) is 15.4. The summed E-state index contributed by atoms with van der Waals surface area (Å²) < 4.78 is 15.4. The van der Waals surface area contributed by atoms with Gasteiger partial charge in [0.2, 0.25) is 5.91 Å². The summed E-state index contributed by atoms with van der Waals surface area (Å²) in [7, 11) is 0. The topological polar surface area (TPSA) is 41.1 Å². The van der Waals surface area contributed by atoms with Crippen molar-refractivity contribution in [2.24, 2.45) is 0 Å². The van der Waals surface area contributed by atoms with Crippen molar-refractivity contribution in [3.63, 3.8) is 0 Å². The fourth-order valence-corrected chi connectivity index (χ4v) is 4.16. The van der Waals surface area contributed by atoms with Crippen molar-refractivity contribution in [2.75, 3.05) is 17.2 Å². The largest absolute Gasteiger partial charge is 0.374 e. The van der Waals surface area contributed by atoms with Crippen LogP contribution in [0, 0.1) is 5.82 Å². The molecule has 21 heavy (non-hydrogen) atoms. The zero-order valence-electron chi connectivity index (χ0n) is 10.6. The van der Waals surface area contributed by atoms with E-state index in [9.17, 15) is 9.18 Å². The molecular weight excluding hydrogens is 471 g/mol. The summed E-state index contributed by atoms with van der Waals surface area (Å²) in [5.41, 5.74) is 1.34. The van der Waals surface area contributed by atoms with Gasteiger partial charge in [0, 0.05) is 19.1 Å². The lowest BCUT2D eigenvalue weighted by Gasteiger charge is -2.11. The van der Waals surface area contributed by atoms with Gasteiger partial charge in [-0.3, -0.25) is 4.79 Å². The molecule has 0 aliphatic rings. The predicted molar refractivity (Wildman–Crippen MR) is 93.1 cm³/mol. The Bertz CT molecular complexity index is 639. The number of benzene rings is 2. The Hall–Kier alpha value is -0.920. The van der Waals surface area contributed by atoms with Crippen molar-refractivity contribution < 1.29 is 9.18 Å². The lowest BCUT2D eigenvalue weighted by molar-refractivity contribution is -0.114. The number of nitrogens with one attached hydrogen (secondary N) is 2. The Morgan fingerprint density at radius 1 is 1.05 bits per heavy atom. The van der Waals surface area contributed by atoms with Gasteiger partial charge in [0.25, 0.3) is 0 Å². The summed E-state index contributed by atoms with van der Waals surface area (Å²) in [4.78, 5) is 11.9. The van der Waals surface area contributed by atoms with E-state index >= 15 is 0 Å². The van der Waals surface area contributed by atoms with Crippen molar-refractivity contribution in [2.45, 2.75) is 0 Å². The van der Waals surface area contributed by atoms with E-state index < -0.39 is 0 Å². The molecule has 0 saturated carbocycles. The number of anilines is 2. The molecular formula is C14H10Br3FN2O. The molecule has 0 spiro atoms. The van der Waals surface area contributed by atoms with E-state index in [4.69, 9.17) is 0 Å². The number of halogens is 4. The minimum Gasteiger partial charge on any atom is -0.374 e. The van der Waals surface area contributed by atoms with Crippen LogP contribution in [-0.2, 0) is 4.79 Å². The first-order chi connectivity index (χ1) is 9.95. The van der Waals surface area contributed by atoms with E-state index in [1.54, 1.807) is 0 Å². The number of hydrogen-bond acceptors (Lipinski definition) is 2. The molecule has 0 aliphatic carbocycles. The highest BCUT2D eigenvalue weighted by atomic mass is 79.9. The third-order valence-corrected chi connectivity index (χ3v) is 4.27. The van der Waals surface area contributed by atoms with Crippen molar-refractivity contribution in [3.05, 3.63) is 55.6 Å². The Morgan fingerprint density at radius 2 is 1.62 bits per heavy atom. The average molecular weight is 481 g/mol. The van der Waals surface area contributed by atoms with Gasteiger partial charge in [-0.25, -0.2) is 4.39 Å². The summed E-state index contributed by atoms with van der Waals surface area (Å²) in [6.45, 7) is 0.0935. The molecule has 0 fully saturated rings. The molecule has 0 heterocycles. The summed E-state index contributed by atoms with van der Waals surface area (Å²) >= 11 is 10.2. The molecule has 0 unspecified atom stereocenters. The average Bonchev–Trinajstić information content (AvgIpc) is 2.40. The van der Waals surface area contributed by atoms with Crippen LogP contribution in [-0.4, -0.2) is 12.5 Å². The smallest absolute Gasteiger partial charge is 0.243 e. The molecule has 2 rings (SSSR count).